The summed E-state index contributed by atoms with van der Waals surface area (Å²) in [5.41, 5.74) is 0. The molecule has 1 aliphatic rings. The molecule has 0 aromatic rings. The number of hydrogen-bond donors (Lipinski definition) is 2. The van der Waals surface area contributed by atoms with Gasteiger partial charge in [-0.15, -0.1) is 24.0 Å². The first-order valence-corrected chi connectivity index (χ1v) is 10.5. The zero-order valence-corrected chi connectivity index (χ0v) is 20.6. The monoisotopic (exact) mass is 497 g/mol. The van der Waals surface area contributed by atoms with Crippen LogP contribution in [0, 0.1) is 5.92 Å². The largest absolute Gasteiger partial charge is 0.379 e. The van der Waals surface area contributed by atoms with Crippen molar-refractivity contribution in [1.82, 2.24) is 20.4 Å². The normalized spacial score (nSPS) is 17.1. The highest BCUT2D eigenvalue weighted by atomic mass is 127. The van der Waals surface area contributed by atoms with Gasteiger partial charge in [0.25, 0.3) is 0 Å². The van der Waals surface area contributed by atoms with Gasteiger partial charge in [0.1, 0.15) is 0 Å². The third-order valence-electron chi connectivity index (χ3n) is 5.06. The van der Waals surface area contributed by atoms with Gasteiger partial charge < -0.3 is 20.3 Å². The number of halogens is 1. The van der Waals surface area contributed by atoms with Crippen molar-refractivity contribution in [2.75, 3.05) is 67.1 Å². The van der Waals surface area contributed by atoms with E-state index in [1.54, 1.807) is 0 Å². The smallest absolute Gasteiger partial charge is 0.191 e. The zero-order valence-electron chi connectivity index (χ0n) is 18.3. The molecule has 162 valence electrons. The number of hydrogen-bond acceptors (Lipinski definition) is 4. The molecular weight excluding hydrogens is 453 g/mol. The van der Waals surface area contributed by atoms with E-state index in [0.717, 1.165) is 45.4 Å². The van der Waals surface area contributed by atoms with Crippen LogP contribution >= 0.6 is 24.0 Å². The molecule has 1 rings (SSSR count). The molecule has 0 aliphatic carbocycles. The van der Waals surface area contributed by atoms with E-state index in [0.29, 0.717) is 12.0 Å². The molecule has 1 fully saturated rings. The van der Waals surface area contributed by atoms with Crippen molar-refractivity contribution in [3.8, 4) is 0 Å². The molecule has 0 aromatic carbocycles. The van der Waals surface area contributed by atoms with E-state index in [9.17, 15) is 0 Å². The predicted octanol–water partition coefficient (Wildman–Crippen LogP) is 2.64. The van der Waals surface area contributed by atoms with Gasteiger partial charge in [-0.1, -0.05) is 33.1 Å². The van der Waals surface area contributed by atoms with Crippen LogP contribution in [-0.2, 0) is 4.74 Å². The highest BCUT2D eigenvalue weighted by Crippen LogP contribution is 2.12. The standard InChI is InChI=1S/C20H43N5O.HI/c1-18(2)19(25-13-15-26-16-14-25)17-23-20(21-3)22-11-9-7-6-8-10-12-24(4)5;/h18-19H,6-17H2,1-5H3,(H2,21,22,23);1H. The molecule has 1 heterocycles. The molecule has 1 unspecified atom stereocenters. The number of ether oxygens (including phenoxy) is 1. The SMILES string of the molecule is CN=C(NCCCCCCCN(C)C)NCC(C(C)C)N1CCOCC1.I. The van der Waals surface area contributed by atoms with Crippen LogP contribution in [0.25, 0.3) is 0 Å². The average Bonchev–Trinajstić information content (AvgIpc) is 2.62. The first-order chi connectivity index (χ1) is 12.5. The summed E-state index contributed by atoms with van der Waals surface area (Å²) in [6.45, 7) is 11.5. The molecule has 1 atom stereocenters. The van der Waals surface area contributed by atoms with Crippen LogP contribution in [0.3, 0.4) is 0 Å². The fourth-order valence-electron chi connectivity index (χ4n) is 3.41. The Labute approximate surface area is 184 Å². The first kappa shape index (κ1) is 26.9. The maximum atomic E-state index is 5.49. The van der Waals surface area contributed by atoms with Gasteiger partial charge in [0.2, 0.25) is 0 Å². The number of rotatable bonds is 12. The van der Waals surface area contributed by atoms with Crippen molar-refractivity contribution in [1.29, 1.82) is 0 Å². The Morgan fingerprint density at radius 2 is 1.67 bits per heavy atom. The molecule has 0 amide bonds. The lowest BCUT2D eigenvalue weighted by Crippen LogP contribution is -2.52. The van der Waals surface area contributed by atoms with Crippen LogP contribution in [0.4, 0.5) is 0 Å². The van der Waals surface area contributed by atoms with E-state index in [-0.39, 0.29) is 24.0 Å². The molecule has 7 heteroatoms. The Kier molecular flexibility index (Phi) is 16.7. The quantitative estimate of drug-likeness (QED) is 0.188. The molecule has 2 N–H and O–H groups in total. The Morgan fingerprint density at radius 3 is 2.26 bits per heavy atom. The molecule has 0 radical (unpaired) electrons. The zero-order chi connectivity index (χ0) is 19.2. The number of morpholine rings is 1. The molecule has 0 bridgehead atoms. The van der Waals surface area contributed by atoms with Gasteiger partial charge in [-0.2, -0.15) is 0 Å². The topological polar surface area (TPSA) is 52.1 Å². The highest BCUT2D eigenvalue weighted by Gasteiger charge is 2.23. The fourth-order valence-corrected chi connectivity index (χ4v) is 3.41. The summed E-state index contributed by atoms with van der Waals surface area (Å²) in [6.07, 6.45) is 6.47. The van der Waals surface area contributed by atoms with Crippen LogP contribution in [0.15, 0.2) is 4.99 Å². The minimum Gasteiger partial charge on any atom is -0.379 e. The minimum atomic E-state index is 0. The number of guanidine groups is 1. The van der Waals surface area contributed by atoms with Gasteiger partial charge in [0.05, 0.1) is 13.2 Å². The van der Waals surface area contributed by atoms with Crippen molar-refractivity contribution in [2.24, 2.45) is 10.9 Å². The number of nitrogens with zero attached hydrogens (tertiary/aromatic N) is 3. The highest BCUT2D eigenvalue weighted by molar-refractivity contribution is 14.0. The maximum absolute atomic E-state index is 5.49. The van der Waals surface area contributed by atoms with Crippen molar-refractivity contribution in [3.05, 3.63) is 0 Å². The van der Waals surface area contributed by atoms with Gasteiger partial charge in [-0.25, -0.2) is 0 Å². The molecule has 0 spiro atoms. The number of unbranched alkanes of at least 4 members (excludes halogenated alkanes) is 4. The Hall–Kier alpha value is -0.120. The van der Waals surface area contributed by atoms with Gasteiger partial charge in [0, 0.05) is 39.3 Å². The second-order valence-corrected chi connectivity index (χ2v) is 7.91. The lowest BCUT2D eigenvalue weighted by Gasteiger charge is -2.37. The van der Waals surface area contributed by atoms with Crippen LogP contribution in [0.2, 0.25) is 0 Å². The molecule has 6 nitrogen and oxygen atoms in total. The van der Waals surface area contributed by atoms with E-state index in [1.807, 2.05) is 7.05 Å². The lowest BCUT2D eigenvalue weighted by molar-refractivity contribution is 0.00752. The molecular formula is C20H44IN5O. The Balaban J connectivity index is 0.00000676. The van der Waals surface area contributed by atoms with Crippen LogP contribution < -0.4 is 10.6 Å². The minimum absolute atomic E-state index is 0. The van der Waals surface area contributed by atoms with Crippen molar-refractivity contribution >= 4 is 29.9 Å². The number of aliphatic imine (C=N–C) groups is 1. The summed E-state index contributed by atoms with van der Waals surface area (Å²) in [5.74, 6) is 1.54. The van der Waals surface area contributed by atoms with Crippen molar-refractivity contribution in [2.45, 2.75) is 52.0 Å². The molecule has 0 saturated carbocycles. The van der Waals surface area contributed by atoms with E-state index >= 15 is 0 Å². The maximum Gasteiger partial charge on any atom is 0.191 e. The van der Waals surface area contributed by atoms with E-state index in [4.69, 9.17) is 4.74 Å². The predicted molar refractivity (Wildman–Crippen MR) is 127 cm³/mol. The van der Waals surface area contributed by atoms with Crippen LogP contribution in [0.1, 0.15) is 46.0 Å². The van der Waals surface area contributed by atoms with E-state index in [2.05, 4.69) is 53.4 Å². The van der Waals surface area contributed by atoms with Crippen LogP contribution in [0.5, 0.6) is 0 Å². The van der Waals surface area contributed by atoms with Gasteiger partial charge in [-0.3, -0.25) is 9.89 Å². The molecule has 1 aliphatic heterocycles. The van der Waals surface area contributed by atoms with Gasteiger partial charge in [0.15, 0.2) is 5.96 Å². The van der Waals surface area contributed by atoms with E-state index in [1.165, 1.54) is 38.6 Å². The fraction of sp³-hybridized carbons (Fsp3) is 0.950. The molecule has 27 heavy (non-hydrogen) atoms. The second kappa shape index (κ2) is 16.8. The van der Waals surface area contributed by atoms with E-state index < -0.39 is 0 Å². The van der Waals surface area contributed by atoms with Crippen LogP contribution in [-0.4, -0.2) is 88.9 Å². The van der Waals surface area contributed by atoms with Crippen molar-refractivity contribution < 1.29 is 4.74 Å². The summed E-state index contributed by atoms with van der Waals surface area (Å²) in [5, 5.41) is 6.99. The lowest BCUT2D eigenvalue weighted by atomic mass is 10.0. The third kappa shape index (κ3) is 12.9. The van der Waals surface area contributed by atoms with Gasteiger partial charge >= 0.3 is 0 Å². The second-order valence-electron chi connectivity index (χ2n) is 7.91. The summed E-state index contributed by atoms with van der Waals surface area (Å²) in [7, 11) is 6.15. The summed E-state index contributed by atoms with van der Waals surface area (Å²) >= 11 is 0. The summed E-state index contributed by atoms with van der Waals surface area (Å²) in [4.78, 5) is 9.18. The Morgan fingerprint density at radius 1 is 1.04 bits per heavy atom. The third-order valence-corrected chi connectivity index (χ3v) is 5.06. The molecule has 0 aromatic heterocycles. The van der Waals surface area contributed by atoms with Crippen molar-refractivity contribution in [3.63, 3.8) is 0 Å². The summed E-state index contributed by atoms with van der Waals surface area (Å²) in [6, 6.07) is 0.522. The van der Waals surface area contributed by atoms with Gasteiger partial charge in [-0.05, 0) is 39.4 Å². The number of nitrogens with one attached hydrogen (secondary N) is 2. The Bertz CT molecular complexity index is 373. The molecule has 1 saturated heterocycles. The average molecular weight is 498 g/mol. The summed E-state index contributed by atoms with van der Waals surface area (Å²) < 4.78 is 5.49. The first-order valence-electron chi connectivity index (χ1n) is 10.5.